The monoisotopic (exact) mass is 344 g/mol. The molecule has 0 aromatic heterocycles. The molecule has 0 bridgehead atoms. The van der Waals surface area contributed by atoms with E-state index in [0.717, 1.165) is 18.8 Å². The normalized spacial score (nSPS) is 16.5. The van der Waals surface area contributed by atoms with E-state index in [1.54, 1.807) is 0 Å². The second-order valence-corrected chi connectivity index (χ2v) is 8.55. The van der Waals surface area contributed by atoms with Gasteiger partial charge in [-0.15, -0.1) is 0 Å². The van der Waals surface area contributed by atoms with Crippen LogP contribution in [0, 0.1) is 11.8 Å². The van der Waals surface area contributed by atoms with Crippen LogP contribution in [0.15, 0.2) is 23.2 Å². The SMILES string of the molecule is CC(C)CN(CC(C)C)c1ccc(C2(C)CCCC2)cc1N=C=S. The number of thiocarbonyl (C=S) groups is 1. The molecule has 2 rings (SSSR count). The average molecular weight is 345 g/mol. The van der Waals surface area contributed by atoms with Crippen molar-refractivity contribution in [2.75, 3.05) is 18.0 Å². The average Bonchev–Trinajstić information content (AvgIpc) is 2.94. The quantitative estimate of drug-likeness (QED) is 0.422. The van der Waals surface area contributed by atoms with E-state index in [-0.39, 0.29) is 0 Å². The maximum atomic E-state index is 4.93. The van der Waals surface area contributed by atoms with E-state index in [1.165, 1.54) is 36.9 Å². The van der Waals surface area contributed by atoms with E-state index in [2.05, 4.69) is 67.9 Å². The van der Waals surface area contributed by atoms with Crippen LogP contribution < -0.4 is 4.90 Å². The molecule has 1 aromatic rings. The minimum atomic E-state index is 0.297. The van der Waals surface area contributed by atoms with Gasteiger partial charge in [-0.2, -0.15) is 4.99 Å². The molecule has 1 fully saturated rings. The smallest absolute Gasteiger partial charge is 0.0975 e. The lowest BCUT2D eigenvalue weighted by Gasteiger charge is -2.31. The lowest BCUT2D eigenvalue weighted by molar-refractivity contribution is 0.491. The zero-order valence-electron chi connectivity index (χ0n) is 15.9. The highest BCUT2D eigenvalue weighted by atomic mass is 32.1. The van der Waals surface area contributed by atoms with Crippen molar-refractivity contribution in [3.8, 4) is 0 Å². The molecule has 0 aliphatic heterocycles. The molecule has 0 spiro atoms. The molecule has 1 aliphatic carbocycles. The third kappa shape index (κ3) is 4.68. The van der Waals surface area contributed by atoms with Gasteiger partial charge in [0.05, 0.1) is 16.5 Å². The minimum absolute atomic E-state index is 0.297. The molecule has 2 nitrogen and oxygen atoms in total. The number of hydrogen-bond acceptors (Lipinski definition) is 3. The molecule has 1 aromatic carbocycles. The van der Waals surface area contributed by atoms with Gasteiger partial charge in [-0.3, -0.25) is 0 Å². The molecule has 0 unspecified atom stereocenters. The summed E-state index contributed by atoms with van der Waals surface area (Å²) in [6.45, 7) is 13.5. The van der Waals surface area contributed by atoms with Crippen molar-refractivity contribution in [3.05, 3.63) is 23.8 Å². The van der Waals surface area contributed by atoms with Gasteiger partial charge >= 0.3 is 0 Å². The van der Waals surface area contributed by atoms with E-state index in [0.29, 0.717) is 17.3 Å². The van der Waals surface area contributed by atoms with Crippen LogP contribution in [-0.4, -0.2) is 18.3 Å². The molecule has 0 atom stereocenters. The lowest BCUT2D eigenvalue weighted by Crippen LogP contribution is -2.31. The molecule has 1 saturated carbocycles. The molecule has 0 heterocycles. The Morgan fingerprint density at radius 2 is 1.71 bits per heavy atom. The molecule has 132 valence electrons. The van der Waals surface area contributed by atoms with Crippen molar-refractivity contribution < 1.29 is 0 Å². The first-order valence-corrected chi connectivity index (χ1v) is 9.74. The summed E-state index contributed by atoms with van der Waals surface area (Å²) in [7, 11) is 0. The molecule has 0 radical (unpaired) electrons. The standard InChI is InChI=1S/C21H32N2S/c1-16(2)13-23(14-17(3)4)20-9-8-18(12-19(20)22-15-24)21(5)10-6-7-11-21/h8-9,12,16-17H,6-7,10-11,13-14H2,1-5H3. The Morgan fingerprint density at radius 3 is 2.21 bits per heavy atom. The van der Waals surface area contributed by atoms with Gasteiger partial charge in [-0.1, -0.05) is 53.5 Å². The van der Waals surface area contributed by atoms with E-state index < -0.39 is 0 Å². The van der Waals surface area contributed by atoms with Gasteiger partial charge < -0.3 is 4.90 Å². The first kappa shape index (κ1) is 19.1. The molecular formula is C21H32N2S. The summed E-state index contributed by atoms with van der Waals surface area (Å²) >= 11 is 4.93. The minimum Gasteiger partial charge on any atom is -0.369 e. The van der Waals surface area contributed by atoms with Gasteiger partial charge in [0, 0.05) is 13.1 Å². The van der Waals surface area contributed by atoms with Crippen LogP contribution in [0.25, 0.3) is 0 Å². The van der Waals surface area contributed by atoms with Gasteiger partial charge in [0.2, 0.25) is 0 Å². The zero-order valence-corrected chi connectivity index (χ0v) is 16.7. The Balaban J connectivity index is 2.42. The summed E-state index contributed by atoms with van der Waals surface area (Å²) in [4.78, 5) is 6.89. The molecule has 1 aliphatic rings. The summed E-state index contributed by atoms with van der Waals surface area (Å²) in [6.07, 6.45) is 5.21. The van der Waals surface area contributed by atoms with Gasteiger partial charge in [0.25, 0.3) is 0 Å². The molecule has 3 heteroatoms. The second kappa shape index (κ2) is 8.27. The van der Waals surface area contributed by atoms with E-state index >= 15 is 0 Å². The van der Waals surface area contributed by atoms with Gasteiger partial charge in [-0.05, 0) is 60.0 Å². The number of rotatable bonds is 7. The number of nitrogens with zero attached hydrogens (tertiary/aromatic N) is 2. The Morgan fingerprint density at radius 1 is 1.12 bits per heavy atom. The second-order valence-electron chi connectivity index (χ2n) is 8.37. The van der Waals surface area contributed by atoms with Crippen molar-refractivity contribution in [2.24, 2.45) is 16.8 Å². The van der Waals surface area contributed by atoms with Gasteiger partial charge in [0.1, 0.15) is 0 Å². The van der Waals surface area contributed by atoms with Crippen molar-refractivity contribution >= 4 is 28.8 Å². The Kier molecular flexibility index (Phi) is 6.60. The van der Waals surface area contributed by atoms with Crippen LogP contribution in [0.4, 0.5) is 11.4 Å². The molecule has 0 saturated heterocycles. The van der Waals surface area contributed by atoms with Crippen LogP contribution >= 0.6 is 12.2 Å². The molecule has 0 N–H and O–H groups in total. The number of anilines is 1. The van der Waals surface area contributed by atoms with E-state index in [1.807, 2.05) is 0 Å². The van der Waals surface area contributed by atoms with Crippen molar-refractivity contribution in [1.29, 1.82) is 0 Å². The Hall–Kier alpha value is -1.18. The fourth-order valence-corrected chi connectivity index (χ4v) is 4.00. The summed E-state index contributed by atoms with van der Waals surface area (Å²) in [6, 6.07) is 6.83. The van der Waals surface area contributed by atoms with Crippen molar-refractivity contribution in [3.63, 3.8) is 0 Å². The molecule has 0 amide bonds. The van der Waals surface area contributed by atoms with Crippen molar-refractivity contribution in [2.45, 2.75) is 65.7 Å². The molecular weight excluding hydrogens is 312 g/mol. The third-order valence-electron chi connectivity index (χ3n) is 5.06. The topological polar surface area (TPSA) is 15.6 Å². The largest absolute Gasteiger partial charge is 0.369 e. The highest BCUT2D eigenvalue weighted by Crippen LogP contribution is 2.43. The van der Waals surface area contributed by atoms with Crippen LogP contribution in [0.2, 0.25) is 0 Å². The third-order valence-corrected chi connectivity index (χ3v) is 5.15. The van der Waals surface area contributed by atoms with Crippen LogP contribution in [-0.2, 0) is 5.41 Å². The maximum absolute atomic E-state index is 4.93. The number of hydrogen-bond donors (Lipinski definition) is 0. The fourth-order valence-electron chi connectivity index (χ4n) is 3.90. The zero-order chi connectivity index (χ0) is 17.7. The number of isothiocyanates is 1. The van der Waals surface area contributed by atoms with Crippen LogP contribution in [0.5, 0.6) is 0 Å². The highest BCUT2D eigenvalue weighted by Gasteiger charge is 2.31. The van der Waals surface area contributed by atoms with Crippen LogP contribution in [0.3, 0.4) is 0 Å². The first-order valence-electron chi connectivity index (χ1n) is 9.33. The highest BCUT2D eigenvalue weighted by molar-refractivity contribution is 7.78. The van der Waals surface area contributed by atoms with Gasteiger partial charge in [-0.25, -0.2) is 0 Å². The number of benzene rings is 1. The van der Waals surface area contributed by atoms with Gasteiger partial charge in [0.15, 0.2) is 0 Å². The predicted octanol–water partition coefficient (Wildman–Crippen LogP) is 6.37. The summed E-state index contributed by atoms with van der Waals surface area (Å²) < 4.78 is 0. The van der Waals surface area contributed by atoms with E-state index in [4.69, 9.17) is 12.2 Å². The Bertz CT molecular complexity index is 584. The fraction of sp³-hybridized carbons (Fsp3) is 0.667. The summed E-state index contributed by atoms with van der Waals surface area (Å²) in [5.41, 5.74) is 3.88. The maximum Gasteiger partial charge on any atom is 0.0975 e. The summed E-state index contributed by atoms with van der Waals surface area (Å²) in [5, 5.41) is 2.60. The first-order chi connectivity index (χ1) is 11.4. The van der Waals surface area contributed by atoms with Crippen molar-refractivity contribution in [1.82, 2.24) is 0 Å². The lowest BCUT2D eigenvalue weighted by atomic mass is 9.80. The van der Waals surface area contributed by atoms with Crippen LogP contribution in [0.1, 0.15) is 65.9 Å². The molecule has 24 heavy (non-hydrogen) atoms. The Labute approximate surface area is 153 Å². The van der Waals surface area contributed by atoms with E-state index in [9.17, 15) is 0 Å². The number of aliphatic imine (C=N–C) groups is 1. The summed E-state index contributed by atoms with van der Waals surface area (Å²) in [5.74, 6) is 1.22. The predicted molar refractivity (Wildman–Crippen MR) is 109 cm³/mol.